The molecule has 0 saturated carbocycles. The van der Waals surface area contributed by atoms with Gasteiger partial charge in [0, 0.05) is 30.1 Å². The second-order valence-corrected chi connectivity index (χ2v) is 7.67. The second kappa shape index (κ2) is 6.67. The predicted octanol–water partition coefficient (Wildman–Crippen LogP) is 4.37. The Morgan fingerprint density at radius 1 is 1.40 bits per heavy atom. The van der Waals surface area contributed by atoms with Crippen molar-refractivity contribution < 1.29 is 13.7 Å². The second-order valence-electron chi connectivity index (χ2n) is 7.26. The number of nitrogens with one attached hydrogen (secondary N) is 1. The van der Waals surface area contributed by atoms with Gasteiger partial charge >= 0.3 is 0 Å². The highest BCUT2D eigenvalue weighted by atomic mass is 35.5. The van der Waals surface area contributed by atoms with Crippen LogP contribution in [-0.4, -0.2) is 23.7 Å². The molecule has 7 heteroatoms. The van der Waals surface area contributed by atoms with E-state index in [0.29, 0.717) is 30.9 Å². The number of hydrogen-bond acceptors (Lipinski definition) is 4. The highest BCUT2D eigenvalue weighted by Crippen LogP contribution is 2.30. The van der Waals surface area contributed by atoms with Crippen LogP contribution in [0.3, 0.4) is 0 Å². The highest BCUT2D eigenvalue weighted by molar-refractivity contribution is 6.30. The van der Waals surface area contributed by atoms with Gasteiger partial charge in [0.05, 0.1) is 11.1 Å². The predicted molar refractivity (Wildman–Crippen MR) is 95.6 cm³/mol. The summed E-state index contributed by atoms with van der Waals surface area (Å²) in [5.74, 6) is 0.863. The number of halogens is 2. The minimum Gasteiger partial charge on any atom is -0.365 e. The van der Waals surface area contributed by atoms with Gasteiger partial charge in [0.1, 0.15) is 11.6 Å². The lowest BCUT2D eigenvalue weighted by Crippen LogP contribution is -2.37. The molecular weight excluding hydrogens is 345 g/mol. The maximum atomic E-state index is 13.7. The maximum Gasteiger partial charge on any atom is 0.227 e. The van der Waals surface area contributed by atoms with Gasteiger partial charge in [0.2, 0.25) is 5.91 Å². The molecule has 0 aliphatic carbocycles. The van der Waals surface area contributed by atoms with Crippen molar-refractivity contribution >= 4 is 29.0 Å². The number of aromatic nitrogens is 1. The van der Waals surface area contributed by atoms with Crippen molar-refractivity contribution in [2.45, 2.75) is 45.1 Å². The zero-order valence-electron chi connectivity index (χ0n) is 14.5. The van der Waals surface area contributed by atoms with E-state index in [1.54, 1.807) is 11.0 Å². The van der Waals surface area contributed by atoms with Crippen molar-refractivity contribution in [3.63, 3.8) is 0 Å². The van der Waals surface area contributed by atoms with Crippen LogP contribution in [0.5, 0.6) is 0 Å². The number of benzene rings is 1. The van der Waals surface area contributed by atoms with E-state index in [2.05, 4.69) is 10.5 Å². The third-order valence-corrected chi connectivity index (χ3v) is 4.58. The van der Waals surface area contributed by atoms with Crippen LogP contribution in [-0.2, 0) is 10.2 Å². The van der Waals surface area contributed by atoms with Crippen molar-refractivity contribution in [1.29, 1.82) is 0 Å². The lowest BCUT2D eigenvalue weighted by molar-refractivity contribution is -0.117. The van der Waals surface area contributed by atoms with E-state index in [0.717, 1.165) is 5.76 Å². The zero-order chi connectivity index (χ0) is 18.2. The molecule has 1 N–H and O–H groups in total. The molecule has 0 spiro atoms. The first kappa shape index (κ1) is 17.7. The molecule has 1 aliphatic rings. The Labute approximate surface area is 151 Å². The molecule has 1 atom stereocenters. The smallest absolute Gasteiger partial charge is 0.227 e. The molecule has 1 fully saturated rings. The van der Waals surface area contributed by atoms with Crippen molar-refractivity contribution in [3.05, 3.63) is 40.9 Å². The quantitative estimate of drug-likeness (QED) is 0.873. The summed E-state index contributed by atoms with van der Waals surface area (Å²) in [4.78, 5) is 13.9. The summed E-state index contributed by atoms with van der Waals surface area (Å²) in [6.45, 7) is 6.64. The molecule has 134 valence electrons. The van der Waals surface area contributed by atoms with E-state index in [4.69, 9.17) is 16.1 Å². The largest absolute Gasteiger partial charge is 0.365 e. The molecule has 1 aliphatic heterocycles. The number of carbonyl (C=O) groups excluding carboxylic acids is 1. The molecule has 1 amide bonds. The Balaban J connectivity index is 1.72. The van der Waals surface area contributed by atoms with E-state index >= 15 is 0 Å². The molecule has 1 saturated heterocycles. The van der Waals surface area contributed by atoms with Gasteiger partial charge in [0.15, 0.2) is 5.82 Å². The summed E-state index contributed by atoms with van der Waals surface area (Å²) >= 11 is 5.73. The average molecular weight is 366 g/mol. The van der Waals surface area contributed by atoms with Gasteiger partial charge in [-0.05, 0) is 24.6 Å². The van der Waals surface area contributed by atoms with Crippen molar-refractivity contribution in [2.24, 2.45) is 0 Å². The molecule has 2 aromatic rings. The van der Waals surface area contributed by atoms with Crippen LogP contribution in [0.15, 0.2) is 28.8 Å². The first-order valence-electron chi connectivity index (χ1n) is 8.24. The Hall–Kier alpha value is -2.08. The van der Waals surface area contributed by atoms with Gasteiger partial charge < -0.3 is 14.7 Å². The van der Waals surface area contributed by atoms with Gasteiger partial charge in [-0.3, -0.25) is 4.79 Å². The van der Waals surface area contributed by atoms with Crippen molar-refractivity contribution in [3.8, 4) is 0 Å². The molecule has 1 aromatic heterocycles. The number of carbonyl (C=O) groups is 1. The van der Waals surface area contributed by atoms with Crippen LogP contribution in [0.1, 0.15) is 39.4 Å². The SMILES string of the molecule is CC(C)(C)c1cc(NCC2CCC(=O)N2c2ccc(Cl)c(F)c2)no1. The molecule has 25 heavy (non-hydrogen) atoms. The number of amides is 1. The van der Waals surface area contributed by atoms with Crippen molar-refractivity contribution in [2.75, 3.05) is 16.8 Å². The minimum absolute atomic E-state index is 0.0240. The summed E-state index contributed by atoms with van der Waals surface area (Å²) in [5, 5.41) is 7.27. The molecule has 0 radical (unpaired) electrons. The van der Waals surface area contributed by atoms with E-state index in [1.807, 2.05) is 26.8 Å². The Kier molecular flexibility index (Phi) is 4.73. The first-order valence-corrected chi connectivity index (χ1v) is 8.61. The number of nitrogens with zero attached hydrogens (tertiary/aromatic N) is 2. The van der Waals surface area contributed by atoms with Gasteiger partial charge in [-0.1, -0.05) is 37.5 Å². The van der Waals surface area contributed by atoms with Crippen LogP contribution in [0, 0.1) is 5.82 Å². The monoisotopic (exact) mass is 365 g/mol. The summed E-state index contributed by atoms with van der Waals surface area (Å²) in [7, 11) is 0. The summed E-state index contributed by atoms with van der Waals surface area (Å²) < 4.78 is 19.1. The fourth-order valence-corrected chi connectivity index (χ4v) is 2.98. The highest BCUT2D eigenvalue weighted by Gasteiger charge is 2.32. The molecule has 1 unspecified atom stereocenters. The molecule has 3 rings (SSSR count). The number of rotatable bonds is 4. The van der Waals surface area contributed by atoms with Crippen molar-refractivity contribution in [1.82, 2.24) is 5.16 Å². The molecule has 5 nitrogen and oxygen atoms in total. The van der Waals surface area contributed by atoms with Crippen LogP contribution in [0.25, 0.3) is 0 Å². The lowest BCUT2D eigenvalue weighted by atomic mass is 9.93. The van der Waals surface area contributed by atoms with Gasteiger partial charge in [0.25, 0.3) is 0 Å². The van der Waals surface area contributed by atoms with Gasteiger partial charge in [-0.2, -0.15) is 0 Å². The summed E-state index contributed by atoms with van der Waals surface area (Å²) in [6, 6.07) is 6.21. The zero-order valence-corrected chi connectivity index (χ0v) is 15.2. The van der Waals surface area contributed by atoms with E-state index < -0.39 is 5.82 Å². The van der Waals surface area contributed by atoms with Crippen LogP contribution < -0.4 is 10.2 Å². The summed E-state index contributed by atoms with van der Waals surface area (Å²) in [6.07, 6.45) is 1.13. The van der Waals surface area contributed by atoms with E-state index in [1.165, 1.54) is 12.1 Å². The third kappa shape index (κ3) is 3.79. The Bertz CT molecular complexity index is 785. The minimum atomic E-state index is -0.531. The topological polar surface area (TPSA) is 58.4 Å². The molecular formula is C18H21ClFN3O2. The van der Waals surface area contributed by atoms with Crippen LogP contribution in [0.4, 0.5) is 15.9 Å². The summed E-state index contributed by atoms with van der Waals surface area (Å²) in [5.41, 5.74) is 0.398. The Morgan fingerprint density at radius 2 is 2.16 bits per heavy atom. The molecule has 1 aromatic carbocycles. The molecule has 0 bridgehead atoms. The average Bonchev–Trinajstić information content (AvgIpc) is 3.14. The third-order valence-electron chi connectivity index (χ3n) is 4.27. The maximum absolute atomic E-state index is 13.7. The van der Waals surface area contributed by atoms with Crippen LogP contribution >= 0.6 is 11.6 Å². The van der Waals surface area contributed by atoms with Gasteiger partial charge in [-0.25, -0.2) is 4.39 Å². The lowest BCUT2D eigenvalue weighted by Gasteiger charge is -2.25. The number of anilines is 2. The fourth-order valence-electron chi connectivity index (χ4n) is 2.86. The van der Waals surface area contributed by atoms with E-state index in [9.17, 15) is 9.18 Å². The normalized spacial score (nSPS) is 18.0. The van der Waals surface area contributed by atoms with E-state index in [-0.39, 0.29) is 22.4 Å². The number of hydrogen-bond donors (Lipinski definition) is 1. The fraction of sp³-hybridized carbons (Fsp3) is 0.444. The first-order chi connectivity index (χ1) is 11.8. The standard InChI is InChI=1S/C18H21ClFN3O2/c1-18(2,3)15-9-16(22-25-15)21-10-12-5-7-17(24)23(12)11-4-6-13(19)14(20)8-11/h4,6,8-9,12H,5,7,10H2,1-3H3,(H,21,22). The Morgan fingerprint density at radius 3 is 2.80 bits per heavy atom. The van der Waals surface area contributed by atoms with Crippen LogP contribution in [0.2, 0.25) is 5.02 Å². The van der Waals surface area contributed by atoms with Gasteiger partial charge in [-0.15, -0.1) is 0 Å². The molecule has 2 heterocycles.